The van der Waals surface area contributed by atoms with Crippen molar-refractivity contribution in [3.8, 4) is 11.5 Å². The smallest absolute Gasteiger partial charge is 0.134 e. The Hall–Kier alpha value is -1.59. The Balaban J connectivity index is 2.22. The van der Waals surface area contributed by atoms with Gasteiger partial charge in [-0.1, -0.05) is 18.3 Å². The summed E-state index contributed by atoms with van der Waals surface area (Å²) in [6.45, 7) is 2.41. The van der Waals surface area contributed by atoms with Gasteiger partial charge in [-0.3, -0.25) is 0 Å². The summed E-state index contributed by atoms with van der Waals surface area (Å²) in [5, 5.41) is 0. The average Bonchev–Trinajstić information content (AvgIpc) is 2.46. The van der Waals surface area contributed by atoms with Gasteiger partial charge in [0.25, 0.3) is 0 Å². The standard InChI is InChI=1S/C16H16BrNO2S/c1-10-3-5-15(13(17)7-10)20-9-12-8-11(16(18)21)4-6-14(12)19-2/h3-8H,9H2,1-2H3,(H2,18,21). The van der Waals surface area contributed by atoms with Crippen LogP contribution in [0, 0.1) is 6.92 Å². The molecule has 0 heterocycles. The predicted octanol–water partition coefficient (Wildman–Crippen LogP) is 3.98. The summed E-state index contributed by atoms with van der Waals surface area (Å²) in [4.78, 5) is 0.357. The molecule has 0 aliphatic rings. The summed E-state index contributed by atoms with van der Waals surface area (Å²) in [7, 11) is 1.63. The van der Waals surface area contributed by atoms with Gasteiger partial charge in [-0.15, -0.1) is 0 Å². The minimum Gasteiger partial charge on any atom is -0.496 e. The van der Waals surface area contributed by atoms with Gasteiger partial charge in [-0.25, -0.2) is 0 Å². The third-order valence-electron chi connectivity index (χ3n) is 3.04. The molecule has 2 rings (SSSR count). The van der Waals surface area contributed by atoms with Crippen LogP contribution in [0.15, 0.2) is 40.9 Å². The van der Waals surface area contributed by atoms with Gasteiger partial charge in [0, 0.05) is 11.1 Å². The molecule has 0 amide bonds. The van der Waals surface area contributed by atoms with Gasteiger partial charge in [0.2, 0.25) is 0 Å². The van der Waals surface area contributed by atoms with Crippen molar-refractivity contribution in [3.05, 3.63) is 57.6 Å². The summed E-state index contributed by atoms with van der Waals surface area (Å²) in [6.07, 6.45) is 0. The van der Waals surface area contributed by atoms with Crippen molar-refractivity contribution in [2.24, 2.45) is 5.73 Å². The third-order valence-corrected chi connectivity index (χ3v) is 3.89. The molecule has 3 nitrogen and oxygen atoms in total. The van der Waals surface area contributed by atoms with Crippen LogP contribution in [0.4, 0.5) is 0 Å². The molecule has 0 aromatic heterocycles. The molecule has 0 aliphatic carbocycles. The molecule has 2 N–H and O–H groups in total. The number of benzene rings is 2. The van der Waals surface area contributed by atoms with E-state index in [1.54, 1.807) is 7.11 Å². The average molecular weight is 366 g/mol. The number of hydrogen-bond acceptors (Lipinski definition) is 3. The minimum absolute atomic E-state index is 0.357. The zero-order valence-corrected chi connectivity index (χ0v) is 14.3. The second-order valence-corrected chi connectivity index (χ2v) is 5.91. The molecule has 110 valence electrons. The Kier molecular flexibility index (Phi) is 5.20. The summed E-state index contributed by atoms with van der Waals surface area (Å²) in [5.74, 6) is 1.53. The molecule has 0 radical (unpaired) electrons. The van der Waals surface area contributed by atoms with E-state index >= 15 is 0 Å². The first-order chi connectivity index (χ1) is 10.0. The molecule has 0 saturated carbocycles. The van der Waals surface area contributed by atoms with E-state index in [2.05, 4.69) is 15.9 Å². The zero-order valence-electron chi connectivity index (χ0n) is 11.9. The van der Waals surface area contributed by atoms with Crippen LogP contribution in [0.3, 0.4) is 0 Å². The van der Waals surface area contributed by atoms with Crippen molar-refractivity contribution in [2.45, 2.75) is 13.5 Å². The molecule has 0 aliphatic heterocycles. The van der Waals surface area contributed by atoms with E-state index in [1.165, 1.54) is 5.56 Å². The summed E-state index contributed by atoms with van der Waals surface area (Å²) in [6, 6.07) is 11.5. The lowest BCUT2D eigenvalue weighted by Crippen LogP contribution is -2.10. The van der Waals surface area contributed by atoms with E-state index in [-0.39, 0.29) is 0 Å². The molecular weight excluding hydrogens is 350 g/mol. The van der Waals surface area contributed by atoms with Crippen molar-refractivity contribution < 1.29 is 9.47 Å². The number of ether oxygens (including phenoxy) is 2. The van der Waals surface area contributed by atoms with E-state index in [0.29, 0.717) is 11.6 Å². The molecule has 5 heteroatoms. The molecule has 0 unspecified atom stereocenters. The van der Waals surface area contributed by atoms with Crippen LogP contribution in [-0.2, 0) is 6.61 Å². The fourth-order valence-electron chi connectivity index (χ4n) is 1.92. The zero-order chi connectivity index (χ0) is 15.4. The first-order valence-electron chi connectivity index (χ1n) is 6.37. The van der Waals surface area contributed by atoms with Crippen LogP contribution in [0.25, 0.3) is 0 Å². The Morgan fingerprint density at radius 1 is 1.19 bits per heavy atom. The van der Waals surface area contributed by atoms with E-state index in [9.17, 15) is 0 Å². The van der Waals surface area contributed by atoms with Crippen LogP contribution in [0.1, 0.15) is 16.7 Å². The lowest BCUT2D eigenvalue weighted by Gasteiger charge is -2.13. The lowest BCUT2D eigenvalue weighted by atomic mass is 10.1. The number of aryl methyl sites for hydroxylation is 1. The molecule has 0 atom stereocenters. The molecule has 21 heavy (non-hydrogen) atoms. The largest absolute Gasteiger partial charge is 0.496 e. The molecule has 0 fully saturated rings. The van der Waals surface area contributed by atoms with Gasteiger partial charge >= 0.3 is 0 Å². The van der Waals surface area contributed by atoms with Gasteiger partial charge in [-0.05, 0) is 58.7 Å². The maximum absolute atomic E-state index is 5.84. The predicted molar refractivity (Wildman–Crippen MR) is 92.1 cm³/mol. The van der Waals surface area contributed by atoms with Gasteiger partial charge in [0.15, 0.2) is 0 Å². The minimum atomic E-state index is 0.357. The summed E-state index contributed by atoms with van der Waals surface area (Å²) in [5.41, 5.74) is 8.53. The van der Waals surface area contributed by atoms with E-state index in [1.807, 2.05) is 43.3 Å². The normalized spacial score (nSPS) is 10.2. The van der Waals surface area contributed by atoms with E-state index < -0.39 is 0 Å². The third kappa shape index (κ3) is 3.95. The monoisotopic (exact) mass is 365 g/mol. The number of halogens is 1. The van der Waals surface area contributed by atoms with Crippen LogP contribution in [0.5, 0.6) is 11.5 Å². The highest BCUT2D eigenvalue weighted by atomic mass is 79.9. The van der Waals surface area contributed by atoms with Crippen molar-refractivity contribution in [2.75, 3.05) is 7.11 Å². The number of nitrogens with two attached hydrogens (primary N) is 1. The van der Waals surface area contributed by atoms with Gasteiger partial charge in [0.1, 0.15) is 23.1 Å². The first-order valence-corrected chi connectivity index (χ1v) is 7.57. The number of methoxy groups -OCH3 is 1. The summed E-state index contributed by atoms with van der Waals surface area (Å²) < 4.78 is 12.1. The second-order valence-electron chi connectivity index (χ2n) is 4.61. The number of hydrogen-bond donors (Lipinski definition) is 1. The van der Waals surface area contributed by atoms with Crippen LogP contribution < -0.4 is 15.2 Å². The number of thiocarbonyl (C=S) groups is 1. The molecule has 0 bridgehead atoms. The Morgan fingerprint density at radius 3 is 2.52 bits per heavy atom. The Labute approximate surface area is 138 Å². The van der Waals surface area contributed by atoms with Crippen LogP contribution >= 0.6 is 28.1 Å². The fraction of sp³-hybridized carbons (Fsp3) is 0.188. The van der Waals surface area contributed by atoms with Crippen LogP contribution in [0.2, 0.25) is 0 Å². The van der Waals surface area contributed by atoms with Crippen molar-refractivity contribution in [1.29, 1.82) is 0 Å². The highest BCUT2D eigenvalue weighted by Crippen LogP contribution is 2.28. The molecule has 0 saturated heterocycles. The highest BCUT2D eigenvalue weighted by molar-refractivity contribution is 9.10. The van der Waals surface area contributed by atoms with Gasteiger partial charge in [0.05, 0.1) is 11.6 Å². The quantitative estimate of drug-likeness (QED) is 0.813. The highest BCUT2D eigenvalue weighted by Gasteiger charge is 2.08. The molecule has 0 spiro atoms. The van der Waals surface area contributed by atoms with Gasteiger partial charge < -0.3 is 15.2 Å². The molecule has 2 aromatic rings. The topological polar surface area (TPSA) is 44.5 Å². The maximum atomic E-state index is 5.84. The Bertz CT molecular complexity index is 673. The fourth-order valence-corrected chi connectivity index (χ4v) is 2.66. The van der Waals surface area contributed by atoms with E-state index in [4.69, 9.17) is 27.4 Å². The summed E-state index contributed by atoms with van der Waals surface area (Å²) >= 11 is 8.50. The lowest BCUT2D eigenvalue weighted by molar-refractivity contribution is 0.295. The van der Waals surface area contributed by atoms with Crippen molar-refractivity contribution in [3.63, 3.8) is 0 Å². The first kappa shape index (κ1) is 15.8. The van der Waals surface area contributed by atoms with Crippen molar-refractivity contribution >= 4 is 33.1 Å². The number of rotatable bonds is 5. The Morgan fingerprint density at radius 2 is 1.90 bits per heavy atom. The molecule has 2 aromatic carbocycles. The van der Waals surface area contributed by atoms with E-state index in [0.717, 1.165) is 27.1 Å². The van der Waals surface area contributed by atoms with Gasteiger partial charge in [-0.2, -0.15) is 0 Å². The van der Waals surface area contributed by atoms with Crippen LogP contribution in [-0.4, -0.2) is 12.1 Å². The molecular formula is C16H16BrNO2S. The second kappa shape index (κ2) is 6.91. The SMILES string of the molecule is COc1ccc(C(N)=S)cc1COc1ccc(C)cc1Br. The maximum Gasteiger partial charge on any atom is 0.134 e. The van der Waals surface area contributed by atoms with Crippen molar-refractivity contribution in [1.82, 2.24) is 0 Å².